The van der Waals surface area contributed by atoms with Crippen molar-refractivity contribution < 1.29 is 33.0 Å². The van der Waals surface area contributed by atoms with Crippen molar-refractivity contribution in [2.24, 2.45) is 0 Å². The summed E-state index contributed by atoms with van der Waals surface area (Å²) in [6, 6.07) is 3.34. The maximum Gasteiger partial charge on any atom is 0.308 e. The van der Waals surface area contributed by atoms with Crippen molar-refractivity contribution in [3.05, 3.63) is 46.2 Å². The Morgan fingerprint density at radius 2 is 1.88 bits per heavy atom. The summed E-state index contributed by atoms with van der Waals surface area (Å²) >= 11 is 6.08. The van der Waals surface area contributed by atoms with Gasteiger partial charge in [-0.15, -0.1) is 0 Å². The first-order chi connectivity index (χ1) is 12.1. The van der Waals surface area contributed by atoms with Gasteiger partial charge in [0.25, 0.3) is 11.7 Å². The lowest BCUT2D eigenvalue weighted by Crippen LogP contribution is -2.34. The molecule has 0 N–H and O–H groups in total. The zero-order chi connectivity index (χ0) is 19.2. The molecule has 1 unspecified atom stereocenters. The van der Waals surface area contributed by atoms with Gasteiger partial charge in [-0.05, 0) is 25.1 Å². The monoisotopic (exact) mass is 381 g/mol. The van der Waals surface area contributed by atoms with E-state index in [-0.39, 0.29) is 23.4 Å². The molecule has 1 aromatic carbocycles. The molecular formula is C17H13ClFNO6. The van der Waals surface area contributed by atoms with Gasteiger partial charge in [-0.1, -0.05) is 11.6 Å². The topological polar surface area (TPSA) is 90.0 Å². The van der Waals surface area contributed by atoms with Crippen LogP contribution in [0, 0.1) is 5.82 Å². The molecule has 9 heteroatoms. The third kappa shape index (κ3) is 2.76. The summed E-state index contributed by atoms with van der Waals surface area (Å²) in [5.41, 5.74) is -1.90. The van der Waals surface area contributed by atoms with Crippen molar-refractivity contribution in [1.82, 2.24) is 4.90 Å². The number of rotatable bonds is 3. The van der Waals surface area contributed by atoms with Gasteiger partial charge in [-0.2, -0.15) is 0 Å². The Kier molecular flexibility index (Phi) is 4.31. The minimum absolute atomic E-state index is 0.0251. The number of benzene rings is 1. The minimum Gasteiger partial charge on any atom is -0.456 e. The number of imide groups is 1. The number of likely N-dealkylation sites (tertiary alicyclic amines) is 1. The summed E-state index contributed by atoms with van der Waals surface area (Å²) in [5, 5.41) is 0.0322. The first kappa shape index (κ1) is 18.1. The highest BCUT2D eigenvalue weighted by Crippen LogP contribution is 2.44. The number of nitrogens with zero attached hydrogens (tertiary/aromatic N) is 1. The number of esters is 1. The number of hydrogen-bond donors (Lipinski definition) is 0. The summed E-state index contributed by atoms with van der Waals surface area (Å²) in [6.07, 6.45) is -0.130. The summed E-state index contributed by atoms with van der Waals surface area (Å²) in [7, 11) is 0. The summed E-state index contributed by atoms with van der Waals surface area (Å²) in [4.78, 5) is 49.0. The lowest BCUT2D eigenvalue weighted by molar-refractivity contribution is -0.144. The molecule has 2 aliphatic rings. The van der Waals surface area contributed by atoms with Crippen LogP contribution in [0.4, 0.5) is 4.39 Å². The third-order valence-corrected chi connectivity index (χ3v) is 4.41. The minimum atomic E-state index is -1.87. The van der Waals surface area contributed by atoms with Gasteiger partial charge >= 0.3 is 5.97 Å². The molecule has 0 radical (unpaired) electrons. The van der Waals surface area contributed by atoms with E-state index in [0.717, 1.165) is 19.1 Å². The van der Waals surface area contributed by atoms with Gasteiger partial charge in [0.2, 0.25) is 23.2 Å². The molecule has 1 fully saturated rings. The molecule has 3 rings (SSSR count). The summed E-state index contributed by atoms with van der Waals surface area (Å²) in [5.74, 6) is -4.65. The molecule has 0 bridgehead atoms. The maximum atomic E-state index is 13.7. The van der Waals surface area contributed by atoms with Crippen LogP contribution < -0.4 is 0 Å². The average Bonchev–Trinajstić information content (AvgIpc) is 3.01. The van der Waals surface area contributed by atoms with Crippen molar-refractivity contribution in [3.63, 3.8) is 0 Å². The van der Waals surface area contributed by atoms with Crippen LogP contribution in [0.2, 0.25) is 5.02 Å². The molecule has 0 aromatic heterocycles. The molecule has 7 nitrogen and oxygen atoms in total. The molecule has 0 spiro atoms. The van der Waals surface area contributed by atoms with Crippen LogP contribution in [0.25, 0.3) is 0 Å². The van der Waals surface area contributed by atoms with Crippen LogP contribution in [-0.4, -0.2) is 28.5 Å². The van der Waals surface area contributed by atoms with E-state index < -0.39 is 46.6 Å². The predicted molar refractivity (Wildman–Crippen MR) is 84.7 cm³/mol. The summed E-state index contributed by atoms with van der Waals surface area (Å²) < 4.78 is 24.2. The van der Waals surface area contributed by atoms with Crippen molar-refractivity contribution >= 4 is 35.2 Å². The molecule has 2 heterocycles. The molecule has 0 aliphatic carbocycles. The quantitative estimate of drug-likeness (QED) is 0.589. The number of ether oxygens (including phenoxy) is 2. The third-order valence-electron chi connectivity index (χ3n) is 4.08. The number of Topliss-reactive ketones (excluding diaryl/α,β-unsaturated/α-hetero) is 1. The Balaban J connectivity index is 2.13. The molecule has 136 valence electrons. The van der Waals surface area contributed by atoms with Crippen LogP contribution in [-0.2, 0) is 34.3 Å². The first-order valence-electron chi connectivity index (χ1n) is 7.63. The van der Waals surface area contributed by atoms with Crippen LogP contribution in [0.3, 0.4) is 0 Å². The van der Waals surface area contributed by atoms with Gasteiger partial charge in [0.15, 0.2) is 0 Å². The molecular weight excluding hydrogens is 369 g/mol. The standard InChI is InChI=1S/C17H13ClFNO6/c1-8(21)25-14-15(24)17(2,10-7-9(19)3-4-11(10)18)26-16(14)20-12(22)5-6-13(20)23/h3-4,7H,5-6H2,1-2H3. The van der Waals surface area contributed by atoms with Crippen LogP contribution >= 0.6 is 11.6 Å². The fourth-order valence-electron chi connectivity index (χ4n) is 2.82. The number of carbonyl (C=O) groups excluding carboxylic acids is 4. The second kappa shape index (κ2) is 6.21. The van der Waals surface area contributed by atoms with E-state index >= 15 is 0 Å². The highest BCUT2D eigenvalue weighted by atomic mass is 35.5. The van der Waals surface area contributed by atoms with Crippen LogP contribution in [0.1, 0.15) is 32.3 Å². The molecule has 2 amide bonds. The number of ketones is 1. The Morgan fingerprint density at radius 1 is 1.27 bits per heavy atom. The van der Waals surface area contributed by atoms with Gasteiger partial charge in [0, 0.05) is 30.4 Å². The Morgan fingerprint density at radius 3 is 2.46 bits per heavy atom. The molecule has 2 aliphatic heterocycles. The second-order valence-corrected chi connectivity index (χ2v) is 6.35. The van der Waals surface area contributed by atoms with Crippen molar-refractivity contribution in [2.45, 2.75) is 32.3 Å². The van der Waals surface area contributed by atoms with Gasteiger partial charge in [-0.3, -0.25) is 19.2 Å². The molecule has 1 aromatic rings. The number of amides is 2. The fraction of sp³-hybridized carbons (Fsp3) is 0.294. The van der Waals surface area contributed by atoms with Gasteiger partial charge in [-0.25, -0.2) is 9.29 Å². The van der Waals surface area contributed by atoms with Crippen LogP contribution in [0.5, 0.6) is 0 Å². The van der Waals surface area contributed by atoms with E-state index in [9.17, 15) is 23.6 Å². The largest absolute Gasteiger partial charge is 0.456 e. The zero-order valence-corrected chi connectivity index (χ0v) is 14.6. The average molecular weight is 382 g/mol. The first-order valence-corrected chi connectivity index (χ1v) is 8.00. The number of carbonyl (C=O) groups is 4. The van der Waals surface area contributed by atoms with E-state index in [1.54, 1.807) is 0 Å². The fourth-order valence-corrected chi connectivity index (χ4v) is 3.12. The molecule has 1 atom stereocenters. The maximum absolute atomic E-state index is 13.7. The van der Waals surface area contributed by atoms with Crippen LogP contribution in [0.15, 0.2) is 29.8 Å². The van der Waals surface area contributed by atoms with E-state index in [1.165, 1.54) is 13.0 Å². The van der Waals surface area contributed by atoms with Gasteiger partial charge in [0.1, 0.15) is 5.82 Å². The van der Waals surface area contributed by atoms with Gasteiger partial charge in [0.05, 0.1) is 0 Å². The molecule has 1 saturated heterocycles. The van der Waals surface area contributed by atoms with Crippen molar-refractivity contribution in [2.75, 3.05) is 0 Å². The number of hydrogen-bond acceptors (Lipinski definition) is 6. The lowest BCUT2D eigenvalue weighted by Gasteiger charge is -2.26. The number of halogens is 2. The second-order valence-electron chi connectivity index (χ2n) is 5.94. The SMILES string of the molecule is CC(=O)OC1=C(N2C(=O)CCC2=O)OC(C)(c2cc(F)ccc2Cl)C1=O. The van der Waals surface area contributed by atoms with E-state index in [4.69, 9.17) is 21.1 Å². The Bertz CT molecular complexity index is 879. The smallest absolute Gasteiger partial charge is 0.308 e. The summed E-state index contributed by atoms with van der Waals surface area (Å²) in [6.45, 7) is 2.34. The Hall–Kier alpha value is -2.74. The van der Waals surface area contributed by atoms with Crippen molar-refractivity contribution in [1.29, 1.82) is 0 Å². The zero-order valence-electron chi connectivity index (χ0n) is 13.8. The normalized spacial score (nSPS) is 22.9. The van der Waals surface area contributed by atoms with E-state index in [2.05, 4.69) is 0 Å². The lowest BCUT2D eigenvalue weighted by atomic mass is 9.91. The Labute approximate surface area is 152 Å². The van der Waals surface area contributed by atoms with Gasteiger partial charge < -0.3 is 9.47 Å². The van der Waals surface area contributed by atoms with E-state index in [0.29, 0.717) is 4.90 Å². The highest BCUT2D eigenvalue weighted by molar-refractivity contribution is 6.32. The molecule has 0 saturated carbocycles. The molecule has 26 heavy (non-hydrogen) atoms. The van der Waals surface area contributed by atoms with E-state index in [1.807, 2.05) is 0 Å². The highest BCUT2D eigenvalue weighted by Gasteiger charge is 2.54. The van der Waals surface area contributed by atoms with Crippen molar-refractivity contribution in [3.8, 4) is 0 Å². The predicted octanol–water partition coefficient (Wildman–Crippen LogP) is 2.17.